The van der Waals surface area contributed by atoms with Gasteiger partial charge in [-0.25, -0.2) is 0 Å². The molecule has 1 N–H and O–H groups in total. The van der Waals surface area contributed by atoms with Crippen molar-refractivity contribution in [1.82, 2.24) is 15.0 Å². The Balaban J connectivity index is 2.20. The van der Waals surface area contributed by atoms with Crippen molar-refractivity contribution in [3.05, 3.63) is 5.28 Å². The normalized spacial score (nSPS) is 20.2. The summed E-state index contributed by atoms with van der Waals surface area (Å²) >= 11 is 6.02. The molecule has 1 fully saturated rings. The van der Waals surface area contributed by atoms with Crippen LogP contribution in [-0.4, -0.2) is 52.3 Å². The summed E-state index contributed by atoms with van der Waals surface area (Å²) in [6, 6.07) is 0. The minimum absolute atomic E-state index is 0.220. The van der Waals surface area contributed by atoms with Gasteiger partial charge in [-0.05, 0) is 38.8 Å². The SMILES string of the molecule is CCN(CC)c1nc(Cl)nc(N2CCC(C(C)O)C2)n1. The van der Waals surface area contributed by atoms with E-state index >= 15 is 0 Å². The second kappa shape index (κ2) is 6.54. The minimum Gasteiger partial charge on any atom is -0.393 e. The number of halogens is 1. The molecule has 0 amide bonds. The second-order valence-electron chi connectivity index (χ2n) is 5.11. The number of aliphatic hydroxyl groups is 1. The molecule has 0 spiro atoms. The molecule has 1 aromatic heterocycles. The standard InChI is InChI=1S/C13H22ClN5O/c1-4-18(5-2)12-15-11(14)16-13(17-12)19-7-6-10(8-19)9(3)20/h9-10,20H,4-8H2,1-3H3. The fourth-order valence-corrected chi connectivity index (χ4v) is 2.63. The average Bonchev–Trinajstić information content (AvgIpc) is 2.89. The van der Waals surface area contributed by atoms with Crippen LogP contribution >= 0.6 is 11.6 Å². The summed E-state index contributed by atoms with van der Waals surface area (Å²) in [6.45, 7) is 9.19. The Kier molecular flexibility index (Phi) is 4.99. The maximum Gasteiger partial charge on any atom is 0.231 e. The van der Waals surface area contributed by atoms with Crippen LogP contribution in [0, 0.1) is 5.92 Å². The van der Waals surface area contributed by atoms with Gasteiger partial charge in [-0.15, -0.1) is 0 Å². The van der Waals surface area contributed by atoms with Crippen LogP contribution in [0.1, 0.15) is 27.2 Å². The van der Waals surface area contributed by atoms with Gasteiger partial charge in [0.2, 0.25) is 17.2 Å². The predicted molar refractivity (Wildman–Crippen MR) is 80.4 cm³/mol. The molecule has 0 radical (unpaired) electrons. The zero-order valence-corrected chi connectivity index (χ0v) is 13.0. The average molecular weight is 300 g/mol. The molecule has 1 aliphatic rings. The van der Waals surface area contributed by atoms with Gasteiger partial charge in [-0.3, -0.25) is 0 Å². The summed E-state index contributed by atoms with van der Waals surface area (Å²) in [4.78, 5) is 17.0. The van der Waals surface area contributed by atoms with E-state index in [0.717, 1.165) is 32.6 Å². The Hall–Kier alpha value is -1.14. The van der Waals surface area contributed by atoms with Gasteiger partial charge in [-0.1, -0.05) is 0 Å². The van der Waals surface area contributed by atoms with E-state index in [4.69, 9.17) is 11.6 Å². The zero-order valence-electron chi connectivity index (χ0n) is 12.3. The summed E-state index contributed by atoms with van der Waals surface area (Å²) in [7, 11) is 0. The molecule has 20 heavy (non-hydrogen) atoms. The summed E-state index contributed by atoms with van der Waals surface area (Å²) in [6.07, 6.45) is 0.640. The van der Waals surface area contributed by atoms with Gasteiger partial charge in [-0.2, -0.15) is 15.0 Å². The third-order valence-corrected chi connectivity index (χ3v) is 3.99. The number of nitrogens with zero attached hydrogens (tertiary/aromatic N) is 5. The first kappa shape index (κ1) is 15.3. The van der Waals surface area contributed by atoms with Crippen molar-refractivity contribution < 1.29 is 5.11 Å². The van der Waals surface area contributed by atoms with Crippen molar-refractivity contribution in [2.24, 2.45) is 5.92 Å². The lowest BCUT2D eigenvalue weighted by Crippen LogP contribution is -2.28. The topological polar surface area (TPSA) is 65.4 Å². The molecule has 1 aliphatic heterocycles. The molecule has 0 saturated carbocycles. The molecule has 2 heterocycles. The Morgan fingerprint density at radius 2 is 2.05 bits per heavy atom. The van der Waals surface area contributed by atoms with E-state index < -0.39 is 0 Å². The highest BCUT2D eigenvalue weighted by molar-refractivity contribution is 6.28. The summed E-state index contributed by atoms with van der Waals surface area (Å²) in [5, 5.41) is 9.90. The van der Waals surface area contributed by atoms with E-state index in [9.17, 15) is 5.11 Å². The quantitative estimate of drug-likeness (QED) is 0.890. The largest absolute Gasteiger partial charge is 0.393 e. The lowest BCUT2D eigenvalue weighted by atomic mass is 10.0. The van der Waals surface area contributed by atoms with Crippen LogP contribution < -0.4 is 9.80 Å². The number of rotatable bonds is 5. The molecule has 2 rings (SSSR count). The predicted octanol–water partition coefficient (Wildman–Crippen LogP) is 1.58. The molecular weight excluding hydrogens is 278 g/mol. The molecule has 112 valence electrons. The molecule has 2 unspecified atom stereocenters. The van der Waals surface area contributed by atoms with Crippen LogP contribution in [0.2, 0.25) is 5.28 Å². The summed E-state index contributed by atoms with van der Waals surface area (Å²) in [5.74, 6) is 1.49. The highest BCUT2D eigenvalue weighted by atomic mass is 35.5. The van der Waals surface area contributed by atoms with Crippen LogP contribution in [0.15, 0.2) is 0 Å². The first-order valence-electron chi connectivity index (χ1n) is 7.14. The Morgan fingerprint density at radius 1 is 1.35 bits per heavy atom. The third kappa shape index (κ3) is 3.30. The number of aromatic nitrogens is 3. The van der Waals surface area contributed by atoms with Gasteiger partial charge >= 0.3 is 0 Å². The van der Waals surface area contributed by atoms with E-state index in [1.807, 2.05) is 11.8 Å². The Morgan fingerprint density at radius 3 is 2.60 bits per heavy atom. The lowest BCUT2D eigenvalue weighted by molar-refractivity contribution is 0.136. The first-order valence-corrected chi connectivity index (χ1v) is 7.52. The minimum atomic E-state index is -0.306. The van der Waals surface area contributed by atoms with Crippen molar-refractivity contribution >= 4 is 23.5 Å². The first-order chi connectivity index (χ1) is 9.55. The highest BCUT2D eigenvalue weighted by Gasteiger charge is 2.28. The molecular formula is C13H22ClN5O. The summed E-state index contributed by atoms with van der Waals surface area (Å²) in [5.41, 5.74) is 0. The molecule has 1 aromatic rings. The fourth-order valence-electron chi connectivity index (χ4n) is 2.48. The molecule has 1 saturated heterocycles. The van der Waals surface area contributed by atoms with Crippen LogP contribution in [-0.2, 0) is 0 Å². The van der Waals surface area contributed by atoms with E-state index in [0.29, 0.717) is 11.9 Å². The highest BCUT2D eigenvalue weighted by Crippen LogP contribution is 2.25. The van der Waals surface area contributed by atoms with Crippen LogP contribution in [0.25, 0.3) is 0 Å². The van der Waals surface area contributed by atoms with Gasteiger partial charge in [0.15, 0.2) is 0 Å². The molecule has 0 bridgehead atoms. The number of hydrogen-bond donors (Lipinski definition) is 1. The zero-order chi connectivity index (χ0) is 14.7. The maximum atomic E-state index is 9.68. The lowest BCUT2D eigenvalue weighted by Gasteiger charge is -2.22. The number of aliphatic hydroxyl groups excluding tert-OH is 1. The summed E-state index contributed by atoms with van der Waals surface area (Å²) < 4.78 is 0. The molecule has 7 heteroatoms. The molecule has 2 atom stereocenters. The smallest absolute Gasteiger partial charge is 0.231 e. The van der Waals surface area contributed by atoms with Gasteiger partial charge in [0.1, 0.15) is 0 Å². The van der Waals surface area contributed by atoms with E-state index in [1.165, 1.54) is 0 Å². The van der Waals surface area contributed by atoms with Gasteiger partial charge < -0.3 is 14.9 Å². The van der Waals surface area contributed by atoms with Gasteiger partial charge in [0.05, 0.1) is 6.10 Å². The molecule has 0 aliphatic carbocycles. The number of hydrogen-bond acceptors (Lipinski definition) is 6. The van der Waals surface area contributed by atoms with Crippen molar-refractivity contribution in [2.75, 3.05) is 36.0 Å². The van der Waals surface area contributed by atoms with Crippen molar-refractivity contribution in [2.45, 2.75) is 33.3 Å². The van der Waals surface area contributed by atoms with Crippen LogP contribution in [0.4, 0.5) is 11.9 Å². The van der Waals surface area contributed by atoms with Crippen molar-refractivity contribution in [3.63, 3.8) is 0 Å². The Bertz CT molecular complexity index is 452. The Labute approximate surface area is 124 Å². The van der Waals surface area contributed by atoms with Gasteiger partial charge in [0.25, 0.3) is 0 Å². The van der Waals surface area contributed by atoms with Crippen LogP contribution in [0.3, 0.4) is 0 Å². The van der Waals surface area contributed by atoms with Crippen molar-refractivity contribution in [1.29, 1.82) is 0 Å². The van der Waals surface area contributed by atoms with E-state index in [2.05, 4.69) is 33.7 Å². The van der Waals surface area contributed by atoms with Gasteiger partial charge in [0, 0.05) is 32.1 Å². The maximum absolute atomic E-state index is 9.68. The monoisotopic (exact) mass is 299 g/mol. The van der Waals surface area contributed by atoms with E-state index in [1.54, 1.807) is 0 Å². The fraction of sp³-hybridized carbons (Fsp3) is 0.769. The molecule has 6 nitrogen and oxygen atoms in total. The third-order valence-electron chi connectivity index (χ3n) is 3.82. The van der Waals surface area contributed by atoms with E-state index in [-0.39, 0.29) is 17.3 Å². The van der Waals surface area contributed by atoms with Crippen LogP contribution in [0.5, 0.6) is 0 Å². The van der Waals surface area contributed by atoms with Crippen molar-refractivity contribution in [3.8, 4) is 0 Å². The molecule has 0 aromatic carbocycles. The number of anilines is 2. The second-order valence-corrected chi connectivity index (χ2v) is 5.45.